The number of nitrogen functional groups attached to an aromatic ring is 1. The van der Waals surface area contributed by atoms with Gasteiger partial charge in [-0.1, -0.05) is 0 Å². The average molecular weight is 241 g/mol. The van der Waals surface area contributed by atoms with E-state index in [9.17, 15) is 0 Å². The molecule has 0 aliphatic carbocycles. The molecular weight excluding hydrogens is 236 g/mol. The second kappa shape index (κ2) is 3.14. The molecule has 13 heavy (non-hydrogen) atoms. The van der Waals surface area contributed by atoms with E-state index in [2.05, 4.69) is 31.1 Å². The first-order valence-electron chi connectivity index (χ1n) is 3.45. The van der Waals surface area contributed by atoms with Gasteiger partial charge < -0.3 is 10.2 Å². The third kappa shape index (κ3) is 1.40. The van der Waals surface area contributed by atoms with Crippen LogP contribution in [0, 0.1) is 0 Å². The summed E-state index contributed by atoms with van der Waals surface area (Å²) in [5.74, 6) is 0.816. The van der Waals surface area contributed by atoms with E-state index in [4.69, 9.17) is 10.2 Å². The Morgan fingerprint density at radius 1 is 1.46 bits per heavy atom. The van der Waals surface area contributed by atoms with Crippen LogP contribution in [0.4, 0.5) is 5.82 Å². The molecule has 2 heterocycles. The van der Waals surface area contributed by atoms with E-state index in [1.807, 2.05) is 0 Å². The first-order chi connectivity index (χ1) is 6.29. The van der Waals surface area contributed by atoms with Crippen molar-refractivity contribution in [2.45, 2.75) is 0 Å². The van der Waals surface area contributed by atoms with Crippen LogP contribution in [0.1, 0.15) is 0 Å². The average Bonchev–Trinajstić information content (AvgIpc) is 2.62. The first-order valence-corrected chi connectivity index (χ1v) is 4.25. The number of rotatable bonds is 1. The van der Waals surface area contributed by atoms with Gasteiger partial charge >= 0.3 is 0 Å². The normalized spacial score (nSPS) is 10.2. The molecule has 66 valence electrons. The molecule has 2 aromatic rings. The lowest BCUT2D eigenvalue weighted by Gasteiger charge is -2.00. The molecule has 0 aromatic carbocycles. The van der Waals surface area contributed by atoms with Gasteiger partial charge in [0.25, 0.3) is 0 Å². The summed E-state index contributed by atoms with van der Waals surface area (Å²) in [6.45, 7) is 0. The number of halogens is 1. The summed E-state index contributed by atoms with van der Waals surface area (Å²) in [5, 5.41) is 7.33. The van der Waals surface area contributed by atoms with Crippen molar-refractivity contribution in [3.63, 3.8) is 0 Å². The highest BCUT2D eigenvalue weighted by molar-refractivity contribution is 9.10. The molecule has 2 N–H and O–H groups in total. The van der Waals surface area contributed by atoms with Gasteiger partial charge in [0.2, 0.25) is 12.3 Å². The lowest BCUT2D eigenvalue weighted by Crippen LogP contribution is -1.92. The van der Waals surface area contributed by atoms with Crippen molar-refractivity contribution in [1.82, 2.24) is 15.2 Å². The Morgan fingerprint density at radius 2 is 2.31 bits per heavy atom. The van der Waals surface area contributed by atoms with Gasteiger partial charge in [0, 0.05) is 6.20 Å². The minimum absolute atomic E-state index is 0.399. The van der Waals surface area contributed by atoms with Gasteiger partial charge in [0.05, 0.1) is 10.0 Å². The smallest absolute Gasteiger partial charge is 0.248 e. The van der Waals surface area contributed by atoms with Crippen LogP contribution in [-0.4, -0.2) is 15.2 Å². The fraction of sp³-hybridized carbons (Fsp3) is 0. The Labute approximate surface area is 82.1 Å². The van der Waals surface area contributed by atoms with Crippen LogP contribution in [0.3, 0.4) is 0 Å². The van der Waals surface area contributed by atoms with Crippen molar-refractivity contribution in [3.8, 4) is 11.5 Å². The SMILES string of the molecule is Nc1nccc(-c2nnco2)c1Br. The van der Waals surface area contributed by atoms with Crippen LogP contribution < -0.4 is 5.73 Å². The largest absolute Gasteiger partial charge is 0.423 e. The summed E-state index contributed by atoms with van der Waals surface area (Å²) < 4.78 is 5.69. The number of hydrogen-bond donors (Lipinski definition) is 1. The maximum Gasteiger partial charge on any atom is 0.248 e. The van der Waals surface area contributed by atoms with Gasteiger partial charge in [-0.3, -0.25) is 0 Å². The van der Waals surface area contributed by atoms with Crippen molar-refractivity contribution in [2.24, 2.45) is 0 Å². The Hall–Kier alpha value is -1.43. The number of nitrogens with zero attached hydrogens (tertiary/aromatic N) is 3. The minimum atomic E-state index is 0.399. The zero-order valence-corrected chi connectivity index (χ0v) is 8.02. The van der Waals surface area contributed by atoms with Crippen molar-refractivity contribution >= 4 is 21.7 Å². The summed E-state index contributed by atoms with van der Waals surface area (Å²) in [4.78, 5) is 3.89. The molecule has 6 heteroatoms. The summed E-state index contributed by atoms with van der Waals surface area (Å²) in [6.07, 6.45) is 2.85. The molecule has 0 amide bonds. The first kappa shape index (κ1) is 8.18. The van der Waals surface area contributed by atoms with E-state index >= 15 is 0 Å². The molecule has 0 saturated heterocycles. The number of aromatic nitrogens is 3. The van der Waals surface area contributed by atoms with Crippen molar-refractivity contribution in [1.29, 1.82) is 0 Å². The summed E-state index contributed by atoms with van der Waals surface area (Å²) in [7, 11) is 0. The molecule has 2 aromatic heterocycles. The molecule has 0 saturated carbocycles. The molecule has 0 spiro atoms. The van der Waals surface area contributed by atoms with Crippen LogP contribution in [0.15, 0.2) is 27.5 Å². The van der Waals surface area contributed by atoms with Crippen LogP contribution in [0.5, 0.6) is 0 Å². The predicted octanol–water partition coefficient (Wildman–Crippen LogP) is 1.48. The second-order valence-corrected chi connectivity index (χ2v) is 3.09. The third-order valence-electron chi connectivity index (χ3n) is 1.51. The highest BCUT2D eigenvalue weighted by Gasteiger charge is 2.10. The number of pyridine rings is 1. The molecule has 5 nitrogen and oxygen atoms in total. The fourth-order valence-electron chi connectivity index (χ4n) is 0.916. The Kier molecular flexibility index (Phi) is 1.97. The summed E-state index contributed by atoms with van der Waals surface area (Å²) in [6, 6.07) is 1.74. The van der Waals surface area contributed by atoms with Gasteiger partial charge in [-0.15, -0.1) is 10.2 Å². The zero-order valence-electron chi connectivity index (χ0n) is 6.44. The number of nitrogens with two attached hydrogens (primary N) is 1. The van der Waals surface area contributed by atoms with E-state index in [1.165, 1.54) is 6.39 Å². The molecule has 2 rings (SSSR count). The van der Waals surface area contributed by atoms with Crippen LogP contribution >= 0.6 is 15.9 Å². The van der Waals surface area contributed by atoms with E-state index in [-0.39, 0.29) is 0 Å². The van der Waals surface area contributed by atoms with Crippen LogP contribution in [0.25, 0.3) is 11.5 Å². The second-order valence-electron chi connectivity index (χ2n) is 2.30. The van der Waals surface area contributed by atoms with Gasteiger partial charge in [0.1, 0.15) is 5.82 Å². The van der Waals surface area contributed by atoms with E-state index in [0.29, 0.717) is 16.2 Å². The monoisotopic (exact) mass is 240 g/mol. The lowest BCUT2D eigenvalue weighted by atomic mass is 10.2. The summed E-state index contributed by atoms with van der Waals surface area (Å²) in [5.41, 5.74) is 6.32. The number of hydrogen-bond acceptors (Lipinski definition) is 5. The molecule has 0 fully saturated rings. The highest BCUT2D eigenvalue weighted by Crippen LogP contribution is 2.29. The Morgan fingerprint density at radius 3 is 3.00 bits per heavy atom. The quantitative estimate of drug-likeness (QED) is 0.817. The highest BCUT2D eigenvalue weighted by atomic mass is 79.9. The van der Waals surface area contributed by atoms with E-state index < -0.39 is 0 Å². The van der Waals surface area contributed by atoms with Crippen molar-refractivity contribution in [3.05, 3.63) is 23.1 Å². The molecule has 0 radical (unpaired) electrons. The van der Waals surface area contributed by atoms with Gasteiger partial charge in [0.15, 0.2) is 0 Å². The van der Waals surface area contributed by atoms with Gasteiger partial charge in [-0.05, 0) is 22.0 Å². The summed E-state index contributed by atoms with van der Waals surface area (Å²) >= 11 is 3.29. The maximum atomic E-state index is 5.58. The fourth-order valence-corrected chi connectivity index (χ4v) is 1.32. The van der Waals surface area contributed by atoms with Crippen LogP contribution in [-0.2, 0) is 0 Å². The van der Waals surface area contributed by atoms with Crippen molar-refractivity contribution < 1.29 is 4.42 Å². The molecule has 0 aliphatic rings. The van der Waals surface area contributed by atoms with E-state index in [0.717, 1.165) is 5.56 Å². The maximum absolute atomic E-state index is 5.58. The topological polar surface area (TPSA) is 77.8 Å². The van der Waals surface area contributed by atoms with Crippen LogP contribution in [0.2, 0.25) is 0 Å². The predicted molar refractivity (Wildman–Crippen MR) is 49.6 cm³/mol. The standard InChI is InChI=1S/C7H5BrN4O/c8-5-4(1-2-10-6(5)9)7-12-11-3-13-7/h1-3H,(H2,9,10). The third-order valence-corrected chi connectivity index (χ3v) is 2.34. The molecule has 0 atom stereocenters. The van der Waals surface area contributed by atoms with Crippen molar-refractivity contribution in [2.75, 3.05) is 5.73 Å². The molecular formula is C7H5BrN4O. The Bertz CT molecular complexity index is 414. The van der Waals surface area contributed by atoms with Gasteiger partial charge in [-0.2, -0.15) is 0 Å². The molecule has 0 bridgehead atoms. The Balaban J connectivity index is 2.59. The number of anilines is 1. The van der Waals surface area contributed by atoms with E-state index in [1.54, 1.807) is 12.3 Å². The molecule has 0 aliphatic heterocycles. The lowest BCUT2D eigenvalue weighted by molar-refractivity contribution is 0.568. The minimum Gasteiger partial charge on any atom is -0.423 e. The molecule has 0 unspecified atom stereocenters. The van der Waals surface area contributed by atoms with Gasteiger partial charge in [-0.25, -0.2) is 4.98 Å². The zero-order chi connectivity index (χ0) is 9.26.